The summed E-state index contributed by atoms with van der Waals surface area (Å²) in [6.07, 6.45) is 1.85. The molecule has 1 aliphatic heterocycles. The minimum Gasteiger partial charge on any atom is -0.348 e. The number of rotatable bonds is 4. The molecule has 1 aromatic carbocycles. The molecule has 2 N–H and O–H groups in total. The summed E-state index contributed by atoms with van der Waals surface area (Å²) in [5, 5.41) is 2.93. The highest BCUT2D eigenvalue weighted by Gasteiger charge is 2.34. The quantitative estimate of drug-likeness (QED) is 0.571. The number of piperidine rings is 1. The van der Waals surface area contributed by atoms with Gasteiger partial charge >= 0.3 is 0 Å². The van der Waals surface area contributed by atoms with Crippen LogP contribution >= 0.6 is 11.6 Å². The summed E-state index contributed by atoms with van der Waals surface area (Å²) in [7, 11) is 0. The molecule has 0 bridgehead atoms. The summed E-state index contributed by atoms with van der Waals surface area (Å²) in [6.45, 7) is 7.52. The van der Waals surface area contributed by atoms with Gasteiger partial charge in [0.15, 0.2) is 5.82 Å². The second-order valence-electron chi connectivity index (χ2n) is 8.91. The lowest BCUT2D eigenvalue weighted by Gasteiger charge is -2.37. The smallest absolute Gasteiger partial charge is 0.258 e. The summed E-state index contributed by atoms with van der Waals surface area (Å²) in [5.41, 5.74) is 0.0640. The summed E-state index contributed by atoms with van der Waals surface area (Å²) in [5.74, 6) is -1.04. The van der Waals surface area contributed by atoms with Gasteiger partial charge in [0.1, 0.15) is 17.5 Å². The Morgan fingerprint density at radius 3 is 2.50 bits per heavy atom. The Kier molecular flexibility index (Phi) is 6.53. The van der Waals surface area contributed by atoms with E-state index in [4.69, 9.17) is 11.6 Å². The maximum Gasteiger partial charge on any atom is 0.258 e. The van der Waals surface area contributed by atoms with Crippen molar-refractivity contribution < 1.29 is 13.6 Å². The zero-order valence-corrected chi connectivity index (χ0v) is 20.0. The Bertz CT molecular complexity index is 1290. The van der Waals surface area contributed by atoms with Crippen LogP contribution in [0.3, 0.4) is 0 Å². The van der Waals surface area contributed by atoms with E-state index in [1.165, 1.54) is 18.5 Å². The number of aryl methyl sites for hydroxylation is 1. The first-order chi connectivity index (χ1) is 16.1. The van der Waals surface area contributed by atoms with E-state index in [9.17, 15) is 18.4 Å². The van der Waals surface area contributed by atoms with E-state index in [0.717, 1.165) is 0 Å². The van der Waals surface area contributed by atoms with Gasteiger partial charge in [-0.05, 0) is 25.5 Å². The van der Waals surface area contributed by atoms with E-state index in [-0.39, 0.29) is 51.0 Å². The molecule has 2 unspecified atom stereocenters. The molecule has 0 aliphatic carbocycles. The summed E-state index contributed by atoms with van der Waals surface area (Å²) in [4.78, 5) is 41.7. The van der Waals surface area contributed by atoms with Crippen LogP contribution in [0, 0.1) is 24.6 Å². The lowest BCUT2D eigenvalue weighted by molar-refractivity contribution is 0.0368. The van der Waals surface area contributed by atoms with Crippen molar-refractivity contribution in [3.8, 4) is 0 Å². The number of nitrogens with zero attached hydrogens (tertiary/aromatic N) is 4. The summed E-state index contributed by atoms with van der Waals surface area (Å²) in [6, 6.07) is 0.928. The molecule has 1 aliphatic rings. The number of halogens is 3. The third-order valence-corrected chi connectivity index (χ3v) is 6.51. The average Bonchev–Trinajstić information content (AvgIpc) is 2.79. The van der Waals surface area contributed by atoms with E-state index in [1.807, 2.05) is 0 Å². The van der Waals surface area contributed by atoms with Crippen molar-refractivity contribution in [2.24, 2.45) is 11.8 Å². The van der Waals surface area contributed by atoms with Gasteiger partial charge in [-0.3, -0.25) is 9.59 Å². The third-order valence-electron chi connectivity index (χ3n) is 6.13. The molecule has 3 heterocycles. The van der Waals surface area contributed by atoms with Crippen LogP contribution in [0.4, 0.5) is 14.7 Å². The number of anilines is 1. The number of hydrogen-bond acceptors (Lipinski definition) is 6. The fraction of sp³-hybridized carbons (Fsp3) is 0.435. The van der Waals surface area contributed by atoms with E-state index in [2.05, 4.69) is 25.3 Å². The number of H-pyrrole nitrogens is 1. The Balaban J connectivity index is 1.53. The van der Waals surface area contributed by atoms with Gasteiger partial charge in [-0.15, -0.1) is 0 Å². The van der Waals surface area contributed by atoms with Gasteiger partial charge in [-0.2, -0.15) is 0 Å². The molecule has 4 rings (SSSR count). The molecule has 0 spiro atoms. The number of nitrogens with one attached hydrogen (secondary N) is 2. The van der Waals surface area contributed by atoms with Gasteiger partial charge in [0, 0.05) is 37.3 Å². The number of hydrogen-bond donors (Lipinski definition) is 2. The summed E-state index contributed by atoms with van der Waals surface area (Å²) >= 11 is 6.24. The standard InChI is InChI=1S/C23H25ClF2N6O2/c1-10-8-32(9-11(2)18(10)25)22(34)14-6-27-23(28-7-14)29-12(3)15-5-16-20(19(26)17(15)24)30-13(4)31-21(16)33/h5-7,10-12,18H,8-9H2,1-4H3,(H,27,28,29)(H,30,31,33)/t10-,11+,12?,18?. The van der Waals surface area contributed by atoms with Gasteiger partial charge in [0.05, 0.1) is 22.0 Å². The van der Waals surface area contributed by atoms with Crippen molar-refractivity contribution in [1.82, 2.24) is 24.8 Å². The number of alkyl halides is 1. The number of amides is 1. The minimum atomic E-state index is -0.935. The van der Waals surface area contributed by atoms with Crippen LogP contribution in [0.1, 0.15) is 48.6 Å². The number of likely N-dealkylation sites (tertiary alicyclic amines) is 1. The molecule has 0 radical (unpaired) electrons. The van der Waals surface area contributed by atoms with Crippen LogP contribution in [0.2, 0.25) is 5.02 Å². The third kappa shape index (κ3) is 4.46. The van der Waals surface area contributed by atoms with Gasteiger partial charge in [-0.25, -0.2) is 23.7 Å². The zero-order chi connectivity index (χ0) is 24.7. The van der Waals surface area contributed by atoms with Crippen LogP contribution in [0.15, 0.2) is 23.3 Å². The predicted octanol–water partition coefficient (Wildman–Crippen LogP) is 4.05. The first-order valence-corrected chi connectivity index (χ1v) is 11.3. The lowest BCUT2D eigenvalue weighted by Crippen LogP contribution is -2.48. The second kappa shape index (κ2) is 9.25. The molecule has 11 heteroatoms. The number of carbonyl (C=O) groups excluding carboxylic acids is 1. The van der Waals surface area contributed by atoms with Crippen LogP contribution in [0.5, 0.6) is 0 Å². The molecule has 8 nitrogen and oxygen atoms in total. The number of aromatic amines is 1. The van der Waals surface area contributed by atoms with Crippen molar-refractivity contribution in [2.75, 3.05) is 18.4 Å². The van der Waals surface area contributed by atoms with Gasteiger partial charge in [-0.1, -0.05) is 25.4 Å². The van der Waals surface area contributed by atoms with E-state index < -0.39 is 23.6 Å². The van der Waals surface area contributed by atoms with Crippen molar-refractivity contribution in [3.05, 3.63) is 56.6 Å². The van der Waals surface area contributed by atoms with Crippen molar-refractivity contribution >= 4 is 34.4 Å². The molecule has 1 saturated heterocycles. The highest BCUT2D eigenvalue weighted by molar-refractivity contribution is 6.32. The molecule has 4 atom stereocenters. The maximum absolute atomic E-state index is 14.8. The highest BCUT2D eigenvalue weighted by Crippen LogP contribution is 2.31. The fourth-order valence-corrected chi connectivity index (χ4v) is 4.63. The number of aromatic nitrogens is 4. The molecule has 3 aromatic rings. The van der Waals surface area contributed by atoms with Gasteiger partial charge < -0.3 is 15.2 Å². The SMILES string of the molecule is Cc1nc2c(F)c(Cl)c(C(C)Nc3ncc(C(=O)N4C[C@@H](C)C(F)[C@@H](C)C4)cn3)cc2c(=O)[nH]1. The van der Waals surface area contributed by atoms with Crippen LogP contribution in [-0.2, 0) is 0 Å². The monoisotopic (exact) mass is 490 g/mol. The Labute approximate surface area is 199 Å². The molecule has 34 heavy (non-hydrogen) atoms. The second-order valence-corrected chi connectivity index (χ2v) is 9.29. The minimum absolute atomic E-state index is 0.0820. The number of fused-ring (bicyclic) bond motifs is 1. The van der Waals surface area contributed by atoms with Crippen molar-refractivity contribution in [3.63, 3.8) is 0 Å². The first-order valence-electron chi connectivity index (χ1n) is 11.0. The van der Waals surface area contributed by atoms with Crippen LogP contribution in [0.25, 0.3) is 10.9 Å². The van der Waals surface area contributed by atoms with Crippen molar-refractivity contribution in [2.45, 2.75) is 39.9 Å². The van der Waals surface area contributed by atoms with E-state index in [1.54, 1.807) is 32.6 Å². The lowest BCUT2D eigenvalue weighted by atomic mass is 9.89. The molecule has 1 fully saturated rings. The van der Waals surface area contributed by atoms with Crippen LogP contribution in [-0.4, -0.2) is 50.0 Å². The summed E-state index contributed by atoms with van der Waals surface area (Å²) < 4.78 is 28.9. The van der Waals surface area contributed by atoms with Crippen LogP contribution < -0.4 is 10.9 Å². The largest absolute Gasteiger partial charge is 0.348 e. The highest BCUT2D eigenvalue weighted by atomic mass is 35.5. The first kappa shape index (κ1) is 24.0. The van der Waals surface area contributed by atoms with E-state index >= 15 is 0 Å². The molecule has 2 aromatic heterocycles. The molecule has 180 valence electrons. The van der Waals surface area contributed by atoms with E-state index in [0.29, 0.717) is 18.7 Å². The molecule has 0 saturated carbocycles. The fourth-order valence-electron chi connectivity index (χ4n) is 4.33. The average molecular weight is 491 g/mol. The van der Waals surface area contributed by atoms with Crippen molar-refractivity contribution in [1.29, 1.82) is 0 Å². The zero-order valence-electron chi connectivity index (χ0n) is 19.2. The number of carbonyl (C=O) groups is 1. The topological polar surface area (TPSA) is 104 Å². The Morgan fingerprint density at radius 2 is 1.88 bits per heavy atom. The molecule has 1 amide bonds. The number of benzene rings is 1. The van der Waals surface area contributed by atoms with Gasteiger partial charge in [0.2, 0.25) is 5.95 Å². The maximum atomic E-state index is 14.8. The normalized spacial score (nSPS) is 21.5. The Morgan fingerprint density at radius 1 is 1.26 bits per heavy atom. The molecular weight excluding hydrogens is 466 g/mol. The molecular formula is C23H25ClF2N6O2. The Hall–Kier alpha value is -3.14. The van der Waals surface area contributed by atoms with Gasteiger partial charge in [0.25, 0.3) is 11.5 Å². The predicted molar refractivity (Wildman–Crippen MR) is 125 cm³/mol.